The zero-order chi connectivity index (χ0) is 20.5. The summed E-state index contributed by atoms with van der Waals surface area (Å²) in [6.07, 6.45) is 2.22. The van der Waals surface area contributed by atoms with Crippen LogP contribution in [-0.2, 0) is 0 Å². The number of rotatable bonds is 9. The molecule has 0 saturated heterocycles. The van der Waals surface area contributed by atoms with Gasteiger partial charge in [-0.05, 0) is 37.1 Å². The minimum absolute atomic E-state index is 0.128. The van der Waals surface area contributed by atoms with Gasteiger partial charge in [-0.1, -0.05) is 24.6 Å². The summed E-state index contributed by atoms with van der Waals surface area (Å²) >= 11 is 6.27. The first-order valence-electron chi connectivity index (χ1n) is 8.63. The molecule has 0 aromatic heterocycles. The summed E-state index contributed by atoms with van der Waals surface area (Å²) < 4.78 is 11.2. The van der Waals surface area contributed by atoms with Gasteiger partial charge in [0, 0.05) is 17.7 Å². The molecule has 0 aliphatic heterocycles. The Morgan fingerprint density at radius 3 is 2.75 bits per heavy atom. The Hall–Kier alpha value is -3.13. The first-order chi connectivity index (χ1) is 13.5. The minimum Gasteiger partial charge on any atom is -0.490 e. The average Bonchev–Trinajstić information content (AvgIpc) is 2.67. The predicted molar refractivity (Wildman–Crippen MR) is 107 cm³/mol. The number of ether oxygens (including phenoxy) is 2. The van der Waals surface area contributed by atoms with Gasteiger partial charge in [0.05, 0.1) is 29.4 Å². The average molecular weight is 406 g/mol. The van der Waals surface area contributed by atoms with Crippen LogP contribution >= 0.6 is 11.6 Å². The van der Waals surface area contributed by atoms with E-state index in [0.29, 0.717) is 35.3 Å². The van der Waals surface area contributed by atoms with Crippen molar-refractivity contribution in [3.05, 3.63) is 62.7 Å². The molecule has 0 saturated carbocycles. The molecule has 0 unspecified atom stereocenters. The number of benzene rings is 2. The number of nitrogens with one attached hydrogen (secondary N) is 1. The highest BCUT2D eigenvalue weighted by atomic mass is 35.5. The van der Waals surface area contributed by atoms with Crippen LogP contribution < -0.4 is 14.9 Å². The lowest BCUT2D eigenvalue weighted by atomic mass is 10.2. The Labute approximate surface area is 167 Å². The van der Waals surface area contributed by atoms with Crippen LogP contribution in [0.2, 0.25) is 5.02 Å². The van der Waals surface area contributed by atoms with Gasteiger partial charge in [-0.25, -0.2) is 5.43 Å². The van der Waals surface area contributed by atoms with Crippen LogP contribution in [0, 0.1) is 10.1 Å². The number of hydrogen-bond donors (Lipinski definition) is 1. The summed E-state index contributed by atoms with van der Waals surface area (Å²) in [5, 5.41) is 15.0. The summed E-state index contributed by atoms with van der Waals surface area (Å²) in [6.45, 7) is 4.77. The van der Waals surface area contributed by atoms with Crippen LogP contribution in [0.3, 0.4) is 0 Å². The van der Waals surface area contributed by atoms with Gasteiger partial charge in [-0.15, -0.1) is 0 Å². The maximum Gasteiger partial charge on any atom is 0.271 e. The van der Waals surface area contributed by atoms with Crippen LogP contribution in [0.4, 0.5) is 5.69 Å². The molecule has 0 fully saturated rings. The number of amides is 1. The molecule has 28 heavy (non-hydrogen) atoms. The molecule has 0 aliphatic rings. The Kier molecular flexibility index (Phi) is 7.76. The van der Waals surface area contributed by atoms with E-state index in [0.717, 1.165) is 6.42 Å². The van der Waals surface area contributed by atoms with Crippen LogP contribution in [0.5, 0.6) is 11.5 Å². The zero-order valence-corrected chi connectivity index (χ0v) is 16.2. The maximum absolute atomic E-state index is 12.1. The van der Waals surface area contributed by atoms with Crippen molar-refractivity contribution in [1.29, 1.82) is 0 Å². The Bertz CT molecular complexity index is 886. The Morgan fingerprint density at radius 2 is 2.07 bits per heavy atom. The second-order valence-electron chi connectivity index (χ2n) is 5.62. The van der Waals surface area contributed by atoms with E-state index in [1.54, 1.807) is 12.1 Å². The molecule has 0 atom stereocenters. The van der Waals surface area contributed by atoms with Gasteiger partial charge in [0.25, 0.3) is 11.6 Å². The van der Waals surface area contributed by atoms with Crippen molar-refractivity contribution in [2.75, 3.05) is 13.2 Å². The van der Waals surface area contributed by atoms with Crippen LogP contribution in [0.25, 0.3) is 0 Å². The molecular weight excluding hydrogens is 386 g/mol. The zero-order valence-electron chi connectivity index (χ0n) is 15.5. The number of hydrogen-bond acceptors (Lipinski definition) is 6. The summed E-state index contributed by atoms with van der Waals surface area (Å²) in [5.41, 5.74) is 2.87. The molecule has 2 aromatic carbocycles. The lowest BCUT2D eigenvalue weighted by Gasteiger charge is -2.13. The molecule has 2 rings (SSSR count). The highest BCUT2D eigenvalue weighted by Gasteiger charge is 2.13. The molecule has 1 amide bonds. The van der Waals surface area contributed by atoms with Crippen molar-refractivity contribution >= 4 is 29.4 Å². The summed E-state index contributed by atoms with van der Waals surface area (Å²) in [7, 11) is 0. The van der Waals surface area contributed by atoms with Gasteiger partial charge >= 0.3 is 0 Å². The molecule has 148 valence electrons. The van der Waals surface area contributed by atoms with Crippen molar-refractivity contribution in [2.24, 2.45) is 5.10 Å². The fraction of sp³-hybridized carbons (Fsp3) is 0.263. The monoisotopic (exact) mass is 405 g/mol. The van der Waals surface area contributed by atoms with Crippen molar-refractivity contribution < 1.29 is 19.2 Å². The van der Waals surface area contributed by atoms with Gasteiger partial charge < -0.3 is 9.47 Å². The maximum atomic E-state index is 12.1. The van der Waals surface area contributed by atoms with Crippen molar-refractivity contribution in [3.8, 4) is 11.5 Å². The molecule has 0 heterocycles. The van der Waals surface area contributed by atoms with Gasteiger partial charge in [-0.3, -0.25) is 14.9 Å². The van der Waals surface area contributed by atoms with Crippen LogP contribution in [-0.4, -0.2) is 30.3 Å². The van der Waals surface area contributed by atoms with Crippen molar-refractivity contribution in [1.82, 2.24) is 5.43 Å². The van der Waals surface area contributed by atoms with Crippen molar-refractivity contribution in [3.63, 3.8) is 0 Å². The minimum atomic E-state index is -0.570. The fourth-order valence-electron chi connectivity index (χ4n) is 2.26. The lowest BCUT2D eigenvalue weighted by molar-refractivity contribution is -0.384. The number of carbonyl (C=O) groups excluding carboxylic acids is 1. The standard InChI is InChI=1S/C19H20ClN3O5/c1-3-8-28-18-16(20)9-13(10-17(18)27-4-2)12-21-22-19(24)14-6-5-7-15(11-14)23(25)26/h5-7,9-12H,3-4,8H2,1-2H3,(H,22,24)/b21-12-. The molecule has 0 bridgehead atoms. The predicted octanol–water partition coefficient (Wildman–Crippen LogP) is 4.20. The third-order valence-corrected chi connectivity index (χ3v) is 3.76. The van der Waals surface area contributed by atoms with E-state index in [4.69, 9.17) is 21.1 Å². The largest absolute Gasteiger partial charge is 0.490 e. The second-order valence-corrected chi connectivity index (χ2v) is 6.03. The van der Waals surface area contributed by atoms with Gasteiger partial charge in [0.1, 0.15) is 0 Å². The molecule has 2 aromatic rings. The van der Waals surface area contributed by atoms with Gasteiger partial charge in [0.15, 0.2) is 11.5 Å². The van der Waals surface area contributed by atoms with Crippen LogP contribution in [0.1, 0.15) is 36.2 Å². The van der Waals surface area contributed by atoms with Crippen LogP contribution in [0.15, 0.2) is 41.5 Å². The number of nitro groups is 1. The molecule has 8 nitrogen and oxygen atoms in total. The van der Waals surface area contributed by atoms with Gasteiger partial charge in [-0.2, -0.15) is 5.10 Å². The SMILES string of the molecule is CCCOc1c(Cl)cc(/C=N\NC(=O)c2cccc([N+](=O)[O-])c2)cc1OCC. The quantitative estimate of drug-likeness (QED) is 0.382. The van der Waals surface area contributed by atoms with E-state index in [1.165, 1.54) is 30.5 Å². The summed E-state index contributed by atoms with van der Waals surface area (Å²) in [6, 6.07) is 8.71. The molecule has 0 radical (unpaired) electrons. The van der Waals surface area contributed by atoms with Gasteiger partial charge in [0.2, 0.25) is 0 Å². The summed E-state index contributed by atoms with van der Waals surface area (Å²) in [4.78, 5) is 22.3. The third kappa shape index (κ3) is 5.68. The first-order valence-corrected chi connectivity index (χ1v) is 9.01. The normalized spacial score (nSPS) is 10.7. The van der Waals surface area contributed by atoms with E-state index >= 15 is 0 Å². The molecule has 0 aliphatic carbocycles. The number of carbonyl (C=O) groups is 1. The number of non-ortho nitro benzene ring substituents is 1. The Morgan fingerprint density at radius 1 is 1.29 bits per heavy atom. The highest BCUT2D eigenvalue weighted by Crippen LogP contribution is 2.36. The molecule has 0 spiro atoms. The highest BCUT2D eigenvalue weighted by molar-refractivity contribution is 6.32. The van der Waals surface area contributed by atoms with E-state index < -0.39 is 10.8 Å². The van der Waals surface area contributed by atoms with E-state index in [-0.39, 0.29) is 11.3 Å². The smallest absolute Gasteiger partial charge is 0.271 e. The molecular formula is C19H20ClN3O5. The van der Waals surface area contributed by atoms with Crippen molar-refractivity contribution in [2.45, 2.75) is 20.3 Å². The fourth-order valence-corrected chi connectivity index (χ4v) is 2.53. The number of nitro benzene ring substituents is 1. The number of halogens is 1. The second kappa shape index (κ2) is 10.3. The molecule has 9 heteroatoms. The lowest BCUT2D eigenvalue weighted by Crippen LogP contribution is -2.17. The van der Waals surface area contributed by atoms with E-state index in [2.05, 4.69) is 10.5 Å². The number of nitrogens with zero attached hydrogens (tertiary/aromatic N) is 2. The first kappa shape index (κ1) is 21.2. The van der Waals surface area contributed by atoms with E-state index in [1.807, 2.05) is 13.8 Å². The Balaban J connectivity index is 2.14. The third-order valence-electron chi connectivity index (χ3n) is 3.48. The molecule has 1 N–H and O–H groups in total. The topological polar surface area (TPSA) is 103 Å². The number of hydrazone groups is 1. The van der Waals surface area contributed by atoms with E-state index in [9.17, 15) is 14.9 Å². The summed E-state index contributed by atoms with van der Waals surface area (Å²) in [5.74, 6) is 0.372.